The SMILES string of the molecule is Cn1c(=O)[nH]c(=O)c2c1nc(N/N=C/c1ccc(OCc3ccccc3)cc1)n2Cc1ccccc1. The van der Waals surface area contributed by atoms with Gasteiger partial charge in [-0.05, 0) is 41.0 Å². The molecule has 180 valence electrons. The summed E-state index contributed by atoms with van der Waals surface area (Å²) in [4.78, 5) is 31.6. The number of hydrogen-bond acceptors (Lipinski definition) is 6. The summed E-state index contributed by atoms with van der Waals surface area (Å²) < 4.78 is 8.84. The van der Waals surface area contributed by atoms with Crippen LogP contribution in [-0.2, 0) is 20.2 Å². The van der Waals surface area contributed by atoms with E-state index >= 15 is 0 Å². The molecule has 0 aliphatic heterocycles. The van der Waals surface area contributed by atoms with Gasteiger partial charge in [-0.15, -0.1) is 0 Å². The highest BCUT2D eigenvalue weighted by atomic mass is 16.5. The van der Waals surface area contributed by atoms with Crippen molar-refractivity contribution in [3.05, 3.63) is 122 Å². The first-order valence-electron chi connectivity index (χ1n) is 11.4. The summed E-state index contributed by atoms with van der Waals surface area (Å²) >= 11 is 0. The Labute approximate surface area is 206 Å². The molecule has 0 atom stereocenters. The second-order valence-electron chi connectivity index (χ2n) is 8.21. The lowest BCUT2D eigenvalue weighted by molar-refractivity contribution is 0.306. The molecule has 0 fully saturated rings. The van der Waals surface area contributed by atoms with E-state index in [1.165, 1.54) is 4.57 Å². The van der Waals surface area contributed by atoms with Crippen LogP contribution < -0.4 is 21.4 Å². The molecule has 0 unspecified atom stereocenters. The monoisotopic (exact) mass is 480 g/mol. The van der Waals surface area contributed by atoms with Crippen molar-refractivity contribution < 1.29 is 4.74 Å². The van der Waals surface area contributed by atoms with Gasteiger partial charge in [0.1, 0.15) is 12.4 Å². The Morgan fingerprint density at radius 2 is 1.61 bits per heavy atom. The highest BCUT2D eigenvalue weighted by molar-refractivity contribution is 5.80. The molecule has 0 radical (unpaired) electrons. The number of nitrogens with one attached hydrogen (secondary N) is 2. The summed E-state index contributed by atoms with van der Waals surface area (Å²) in [7, 11) is 1.56. The van der Waals surface area contributed by atoms with Crippen molar-refractivity contribution in [3.8, 4) is 5.75 Å². The van der Waals surface area contributed by atoms with Crippen LogP contribution in [0.15, 0.2) is 99.6 Å². The fourth-order valence-electron chi connectivity index (χ4n) is 3.80. The standard InChI is InChI=1S/C27H24N6O3/c1-32-24-23(25(34)30-27(32)35)33(17-20-8-4-2-5-9-20)26(29-24)31-28-16-19-12-14-22(15-13-19)36-18-21-10-6-3-7-11-21/h2-16H,17-18H2,1H3,(H,29,31)(H,30,34,35)/b28-16+. The summed E-state index contributed by atoms with van der Waals surface area (Å²) in [5.41, 5.74) is 5.39. The first-order valence-corrected chi connectivity index (χ1v) is 11.4. The molecule has 0 aliphatic carbocycles. The van der Waals surface area contributed by atoms with E-state index in [1.807, 2.05) is 84.9 Å². The normalized spacial score (nSPS) is 11.2. The van der Waals surface area contributed by atoms with Gasteiger partial charge in [-0.3, -0.25) is 18.9 Å². The van der Waals surface area contributed by atoms with Crippen molar-refractivity contribution in [3.63, 3.8) is 0 Å². The Bertz CT molecular complexity index is 1620. The van der Waals surface area contributed by atoms with Gasteiger partial charge in [0.25, 0.3) is 5.56 Å². The Hall–Kier alpha value is -4.92. The number of ether oxygens (including phenoxy) is 1. The largest absolute Gasteiger partial charge is 0.489 e. The lowest BCUT2D eigenvalue weighted by Crippen LogP contribution is -2.29. The molecule has 0 saturated carbocycles. The third kappa shape index (κ3) is 4.95. The van der Waals surface area contributed by atoms with Crippen molar-refractivity contribution in [1.82, 2.24) is 19.1 Å². The van der Waals surface area contributed by atoms with Crippen LogP contribution in [0.25, 0.3) is 11.2 Å². The van der Waals surface area contributed by atoms with E-state index in [0.717, 1.165) is 22.4 Å². The molecule has 2 N–H and O–H groups in total. The lowest BCUT2D eigenvalue weighted by Gasteiger charge is -2.08. The number of H-pyrrole nitrogens is 1. The van der Waals surface area contributed by atoms with Gasteiger partial charge in [-0.25, -0.2) is 10.2 Å². The minimum Gasteiger partial charge on any atom is -0.489 e. The zero-order chi connectivity index (χ0) is 24.9. The molecule has 0 saturated heterocycles. The molecule has 9 nitrogen and oxygen atoms in total. The third-order valence-corrected chi connectivity index (χ3v) is 5.70. The number of hydrogen-bond donors (Lipinski definition) is 2. The van der Waals surface area contributed by atoms with Crippen LogP contribution in [0.4, 0.5) is 5.95 Å². The zero-order valence-corrected chi connectivity index (χ0v) is 19.6. The van der Waals surface area contributed by atoms with E-state index in [9.17, 15) is 9.59 Å². The number of rotatable bonds is 8. The summed E-state index contributed by atoms with van der Waals surface area (Å²) in [6.45, 7) is 0.874. The summed E-state index contributed by atoms with van der Waals surface area (Å²) in [6.07, 6.45) is 1.65. The third-order valence-electron chi connectivity index (χ3n) is 5.70. The molecule has 5 aromatic rings. The van der Waals surface area contributed by atoms with Crippen LogP contribution in [0.5, 0.6) is 5.75 Å². The van der Waals surface area contributed by atoms with Gasteiger partial charge >= 0.3 is 5.69 Å². The Balaban J connectivity index is 1.36. The number of benzene rings is 3. The van der Waals surface area contributed by atoms with Crippen LogP contribution in [-0.4, -0.2) is 25.3 Å². The van der Waals surface area contributed by atoms with E-state index < -0.39 is 11.2 Å². The van der Waals surface area contributed by atoms with Gasteiger partial charge in [0.15, 0.2) is 11.2 Å². The van der Waals surface area contributed by atoms with Gasteiger partial charge < -0.3 is 4.74 Å². The average molecular weight is 481 g/mol. The fourth-order valence-corrected chi connectivity index (χ4v) is 3.80. The maximum atomic E-state index is 12.6. The van der Waals surface area contributed by atoms with Crippen molar-refractivity contribution in [1.29, 1.82) is 0 Å². The van der Waals surface area contributed by atoms with Crippen molar-refractivity contribution >= 4 is 23.3 Å². The van der Waals surface area contributed by atoms with Gasteiger partial charge in [0.2, 0.25) is 5.95 Å². The predicted octanol–water partition coefficient (Wildman–Crippen LogP) is 3.50. The number of fused-ring (bicyclic) bond motifs is 1. The van der Waals surface area contributed by atoms with Gasteiger partial charge in [-0.1, -0.05) is 60.7 Å². The maximum Gasteiger partial charge on any atom is 0.329 e. The minimum absolute atomic E-state index is 0.275. The molecule has 0 aliphatic rings. The smallest absolute Gasteiger partial charge is 0.329 e. The van der Waals surface area contributed by atoms with Crippen LogP contribution in [0.1, 0.15) is 16.7 Å². The topological polar surface area (TPSA) is 106 Å². The first kappa shape index (κ1) is 22.9. The number of nitrogens with zero attached hydrogens (tertiary/aromatic N) is 4. The van der Waals surface area contributed by atoms with Crippen molar-refractivity contribution in [2.24, 2.45) is 12.1 Å². The van der Waals surface area contributed by atoms with Gasteiger partial charge in [0.05, 0.1) is 12.8 Å². The van der Waals surface area contributed by atoms with Crippen LogP contribution in [0.2, 0.25) is 0 Å². The summed E-state index contributed by atoms with van der Waals surface area (Å²) in [5, 5.41) is 4.32. The lowest BCUT2D eigenvalue weighted by atomic mass is 10.2. The van der Waals surface area contributed by atoms with E-state index in [2.05, 4.69) is 20.5 Å². The van der Waals surface area contributed by atoms with E-state index in [4.69, 9.17) is 4.74 Å². The van der Waals surface area contributed by atoms with Crippen molar-refractivity contribution in [2.75, 3.05) is 5.43 Å². The Morgan fingerprint density at radius 1 is 0.944 bits per heavy atom. The predicted molar refractivity (Wildman–Crippen MR) is 140 cm³/mol. The second-order valence-corrected chi connectivity index (χ2v) is 8.21. The zero-order valence-electron chi connectivity index (χ0n) is 19.6. The molecular formula is C27H24N6O3. The van der Waals surface area contributed by atoms with Crippen LogP contribution in [0, 0.1) is 0 Å². The highest BCUT2D eigenvalue weighted by Crippen LogP contribution is 2.18. The first-order chi connectivity index (χ1) is 17.6. The molecule has 5 rings (SSSR count). The van der Waals surface area contributed by atoms with Crippen LogP contribution in [0.3, 0.4) is 0 Å². The van der Waals surface area contributed by atoms with E-state index in [1.54, 1.807) is 17.8 Å². The second kappa shape index (κ2) is 10.1. The summed E-state index contributed by atoms with van der Waals surface area (Å²) in [5.74, 6) is 1.10. The number of imidazole rings is 1. The van der Waals surface area contributed by atoms with Crippen LogP contribution >= 0.6 is 0 Å². The number of aromatic amines is 1. The number of anilines is 1. The van der Waals surface area contributed by atoms with E-state index in [0.29, 0.717) is 24.6 Å². The van der Waals surface area contributed by atoms with E-state index in [-0.39, 0.29) is 5.65 Å². The highest BCUT2D eigenvalue weighted by Gasteiger charge is 2.17. The summed E-state index contributed by atoms with van der Waals surface area (Å²) in [6, 6.07) is 27.2. The molecule has 2 heterocycles. The number of aryl methyl sites for hydroxylation is 1. The van der Waals surface area contributed by atoms with Gasteiger partial charge in [0, 0.05) is 7.05 Å². The van der Waals surface area contributed by atoms with Crippen molar-refractivity contribution in [2.45, 2.75) is 13.2 Å². The molecule has 0 bridgehead atoms. The van der Waals surface area contributed by atoms with Gasteiger partial charge in [-0.2, -0.15) is 10.1 Å². The molecule has 0 spiro atoms. The number of hydrazone groups is 1. The minimum atomic E-state index is -0.526. The Morgan fingerprint density at radius 3 is 2.31 bits per heavy atom. The number of aromatic nitrogens is 4. The average Bonchev–Trinajstić information content (AvgIpc) is 3.26. The fraction of sp³-hybridized carbons (Fsp3) is 0.111. The quantitative estimate of drug-likeness (QED) is 0.261. The Kier molecular flexibility index (Phi) is 6.44. The molecular weight excluding hydrogens is 456 g/mol. The molecule has 2 aromatic heterocycles. The molecule has 3 aromatic carbocycles. The molecule has 36 heavy (non-hydrogen) atoms. The molecule has 0 amide bonds. The maximum absolute atomic E-state index is 12.6. The molecule has 9 heteroatoms.